The van der Waals surface area contributed by atoms with Crippen molar-refractivity contribution in [2.45, 2.75) is 43.8 Å². The van der Waals surface area contributed by atoms with Gasteiger partial charge in [-0.15, -0.1) is 0 Å². The molecule has 14 heavy (non-hydrogen) atoms. The van der Waals surface area contributed by atoms with E-state index >= 15 is 0 Å². The second kappa shape index (κ2) is 3.44. The molecule has 82 valence electrons. The van der Waals surface area contributed by atoms with Crippen LogP contribution in [0.25, 0.3) is 0 Å². The number of piperidine rings is 1. The van der Waals surface area contributed by atoms with Crippen LogP contribution in [0.1, 0.15) is 25.7 Å². The van der Waals surface area contributed by atoms with Gasteiger partial charge in [0.2, 0.25) is 0 Å². The fraction of sp³-hybridized carbons (Fsp3) is 1.00. The third-order valence-corrected chi connectivity index (χ3v) is 4.46. The molecule has 2 heterocycles. The van der Waals surface area contributed by atoms with Gasteiger partial charge in [-0.2, -0.15) is 12.7 Å². The summed E-state index contributed by atoms with van der Waals surface area (Å²) in [6.45, 7) is 0. The Labute approximate surface area is 84.8 Å². The van der Waals surface area contributed by atoms with E-state index in [1.54, 1.807) is 7.05 Å². The van der Waals surface area contributed by atoms with E-state index in [9.17, 15) is 8.42 Å². The molecule has 0 spiro atoms. The second-order valence-corrected chi connectivity index (χ2v) is 5.93. The van der Waals surface area contributed by atoms with Crippen molar-refractivity contribution in [2.24, 2.45) is 5.14 Å². The van der Waals surface area contributed by atoms with Gasteiger partial charge in [-0.25, -0.2) is 5.14 Å². The SMILES string of the molecule is CN(C1CC2CCC(C1)N2)S(N)(=O)=O. The molecule has 2 saturated heterocycles. The van der Waals surface area contributed by atoms with Gasteiger partial charge in [0.1, 0.15) is 0 Å². The lowest BCUT2D eigenvalue weighted by Crippen LogP contribution is -2.50. The smallest absolute Gasteiger partial charge is 0.276 e. The van der Waals surface area contributed by atoms with Crippen LogP contribution in [0.15, 0.2) is 0 Å². The van der Waals surface area contributed by atoms with Crippen molar-refractivity contribution in [2.75, 3.05) is 7.05 Å². The highest BCUT2D eigenvalue weighted by atomic mass is 32.2. The van der Waals surface area contributed by atoms with Crippen LogP contribution >= 0.6 is 0 Å². The average Bonchev–Trinajstić information content (AvgIpc) is 2.42. The Bertz CT molecular complexity index is 305. The molecule has 3 N–H and O–H groups in total. The molecule has 0 saturated carbocycles. The number of hydrogen-bond donors (Lipinski definition) is 2. The van der Waals surface area contributed by atoms with E-state index in [-0.39, 0.29) is 6.04 Å². The summed E-state index contributed by atoms with van der Waals surface area (Å²) in [5, 5.41) is 8.56. The Morgan fingerprint density at radius 2 is 1.79 bits per heavy atom. The van der Waals surface area contributed by atoms with E-state index in [0.717, 1.165) is 12.8 Å². The van der Waals surface area contributed by atoms with E-state index < -0.39 is 10.2 Å². The van der Waals surface area contributed by atoms with Crippen LogP contribution in [-0.2, 0) is 10.2 Å². The van der Waals surface area contributed by atoms with E-state index in [4.69, 9.17) is 5.14 Å². The van der Waals surface area contributed by atoms with Crippen molar-refractivity contribution in [3.8, 4) is 0 Å². The molecule has 5 nitrogen and oxygen atoms in total. The van der Waals surface area contributed by atoms with E-state index in [1.165, 1.54) is 17.1 Å². The molecule has 2 fully saturated rings. The zero-order valence-electron chi connectivity index (χ0n) is 8.31. The predicted octanol–water partition coefficient (Wildman–Crippen LogP) is -0.595. The van der Waals surface area contributed by atoms with Gasteiger partial charge in [0.25, 0.3) is 10.2 Å². The van der Waals surface area contributed by atoms with Crippen molar-refractivity contribution < 1.29 is 8.42 Å². The van der Waals surface area contributed by atoms with Gasteiger partial charge >= 0.3 is 0 Å². The highest BCUT2D eigenvalue weighted by Gasteiger charge is 2.37. The molecular formula is C8H17N3O2S. The van der Waals surface area contributed by atoms with Crippen LogP contribution < -0.4 is 10.5 Å². The molecule has 2 bridgehead atoms. The molecule has 0 radical (unpaired) electrons. The van der Waals surface area contributed by atoms with Crippen LogP contribution in [0.5, 0.6) is 0 Å². The largest absolute Gasteiger partial charge is 0.311 e. The first kappa shape index (κ1) is 10.4. The number of hydrogen-bond acceptors (Lipinski definition) is 3. The van der Waals surface area contributed by atoms with Gasteiger partial charge in [-0.05, 0) is 25.7 Å². The highest BCUT2D eigenvalue weighted by molar-refractivity contribution is 7.86. The predicted molar refractivity (Wildman–Crippen MR) is 53.8 cm³/mol. The van der Waals surface area contributed by atoms with Gasteiger partial charge in [-0.1, -0.05) is 0 Å². The minimum absolute atomic E-state index is 0.0868. The third kappa shape index (κ3) is 1.93. The molecule has 0 aromatic heterocycles. The van der Waals surface area contributed by atoms with E-state index in [2.05, 4.69) is 5.32 Å². The van der Waals surface area contributed by atoms with Crippen molar-refractivity contribution in [3.05, 3.63) is 0 Å². The summed E-state index contributed by atoms with van der Waals surface area (Å²) < 4.78 is 23.6. The summed E-state index contributed by atoms with van der Waals surface area (Å²) in [6.07, 6.45) is 4.12. The molecule has 6 heteroatoms. The zero-order valence-corrected chi connectivity index (χ0v) is 9.13. The summed E-state index contributed by atoms with van der Waals surface area (Å²) in [7, 11) is -1.94. The first-order valence-electron chi connectivity index (χ1n) is 4.98. The zero-order chi connectivity index (χ0) is 10.3. The van der Waals surface area contributed by atoms with Gasteiger partial charge in [0, 0.05) is 25.2 Å². The first-order chi connectivity index (χ1) is 6.47. The van der Waals surface area contributed by atoms with Crippen LogP contribution in [-0.4, -0.2) is 37.9 Å². The molecule has 0 aromatic rings. The van der Waals surface area contributed by atoms with Crippen molar-refractivity contribution in [3.63, 3.8) is 0 Å². The van der Waals surface area contributed by atoms with Crippen LogP contribution in [0, 0.1) is 0 Å². The Morgan fingerprint density at radius 3 is 2.21 bits per heavy atom. The number of fused-ring (bicyclic) bond motifs is 2. The summed E-state index contributed by atoms with van der Waals surface area (Å²) in [5.74, 6) is 0. The Morgan fingerprint density at radius 1 is 1.29 bits per heavy atom. The van der Waals surface area contributed by atoms with E-state index in [1.807, 2.05) is 0 Å². The minimum atomic E-state index is -3.52. The fourth-order valence-electron chi connectivity index (χ4n) is 2.53. The van der Waals surface area contributed by atoms with Crippen LogP contribution in [0.3, 0.4) is 0 Å². The minimum Gasteiger partial charge on any atom is -0.311 e. The normalized spacial score (nSPS) is 37.8. The third-order valence-electron chi connectivity index (χ3n) is 3.36. The molecule has 0 aliphatic carbocycles. The van der Waals surface area contributed by atoms with Crippen LogP contribution in [0.2, 0.25) is 0 Å². The lowest BCUT2D eigenvalue weighted by molar-refractivity contribution is 0.251. The van der Waals surface area contributed by atoms with Gasteiger partial charge in [0.15, 0.2) is 0 Å². The lowest BCUT2D eigenvalue weighted by Gasteiger charge is -2.33. The summed E-state index contributed by atoms with van der Waals surface area (Å²) in [5.41, 5.74) is 0. The number of rotatable bonds is 2. The average molecular weight is 219 g/mol. The molecule has 2 aliphatic heterocycles. The molecule has 2 rings (SSSR count). The fourth-order valence-corrected chi connectivity index (χ4v) is 3.12. The quantitative estimate of drug-likeness (QED) is 0.651. The molecule has 0 amide bonds. The number of nitrogens with one attached hydrogen (secondary N) is 1. The first-order valence-corrected chi connectivity index (χ1v) is 6.49. The summed E-state index contributed by atoms with van der Waals surface area (Å²) >= 11 is 0. The van der Waals surface area contributed by atoms with Gasteiger partial charge in [-0.3, -0.25) is 0 Å². The molecule has 2 aliphatic rings. The Kier molecular flexibility index (Phi) is 2.55. The highest BCUT2D eigenvalue weighted by Crippen LogP contribution is 2.29. The molecule has 2 unspecified atom stereocenters. The molecule has 2 atom stereocenters. The van der Waals surface area contributed by atoms with Gasteiger partial charge < -0.3 is 5.32 Å². The standard InChI is InChI=1S/C8H17N3O2S/c1-11(14(9,12)13)8-4-6-2-3-7(5-8)10-6/h6-8,10H,2-5H2,1H3,(H2,9,12,13). The lowest BCUT2D eigenvalue weighted by atomic mass is 10.0. The number of nitrogens with two attached hydrogens (primary N) is 1. The number of nitrogens with zero attached hydrogens (tertiary/aromatic N) is 1. The molecule has 0 aromatic carbocycles. The summed E-state index contributed by atoms with van der Waals surface area (Å²) in [4.78, 5) is 0. The van der Waals surface area contributed by atoms with Crippen LogP contribution in [0.4, 0.5) is 0 Å². The Hall–Kier alpha value is -0.170. The monoisotopic (exact) mass is 219 g/mol. The molecular weight excluding hydrogens is 202 g/mol. The topological polar surface area (TPSA) is 75.4 Å². The van der Waals surface area contributed by atoms with Crippen molar-refractivity contribution in [1.29, 1.82) is 0 Å². The second-order valence-electron chi connectivity index (χ2n) is 4.32. The maximum Gasteiger partial charge on any atom is 0.276 e. The maximum absolute atomic E-state index is 11.1. The Balaban J connectivity index is 2.06. The van der Waals surface area contributed by atoms with E-state index in [0.29, 0.717) is 12.1 Å². The van der Waals surface area contributed by atoms with Crippen molar-refractivity contribution in [1.82, 2.24) is 9.62 Å². The van der Waals surface area contributed by atoms with Gasteiger partial charge in [0.05, 0.1) is 0 Å². The summed E-state index contributed by atoms with van der Waals surface area (Å²) in [6, 6.07) is 1.06. The maximum atomic E-state index is 11.1. The van der Waals surface area contributed by atoms with Crippen molar-refractivity contribution >= 4 is 10.2 Å².